The predicted molar refractivity (Wildman–Crippen MR) is 84.4 cm³/mol. The molecule has 3 N–H and O–H groups in total. The number of hydrogen-bond acceptors (Lipinski definition) is 3. The molecule has 0 spiro atoms. The van der Waals surface area contributed by atoms with E-state index in [2.05, 4.69) is 5.32 Å². The largest absolute Gasteiger partial charge is 0.494 e. The van der Waals surface area contributed by atoms with Crippen LogP contribution in [-0.4, -0.2) is 6.61 Å². The fourth-order valence-corrected chi connectivity index (χ4v) is 2.12. The Morgan fingerprint density at radius 1 is 1.26 bits per heavy atom. The number of halogens is 2. The highest BCUT2D eigenvalue weighted by Crippen LogP contribution is 2.27. The van der Waals surface area contributed by atoms with Gasteiger partial charge in [0.15, 0.2) is 0 Å². The van der Waals surface area contributed by atoms with Gasteiger partial charge in [0.05, 0.1) is 21.6 Å². The van der Waals surface area contributed by atoms with Crippen LogP contribution in [0.25, 0.3) is 0 Å². The summed E-state index contributed by atoms with van der Waals surface area (Å²) < 4.78 is 19.4. The number of anilines is 3. The summed E-state index contributed by atoms with van der Waals surface area (Å²) in [5.41, 5.74) is 7.76. The molecule has 0 aliphatic rings. The van der Waals surface area contributed by atoms with Gasteiger partial charge in [-0.05, 0) is 59.8 Å². The number of hydrogen-bond donors (Lipinski definition) is 2. The summed E-state index contributed by atoms with van der Waals surface area (Å²) in [4.78, 5) is 0. The fraction of sp³-hybridized carbons (Fsp3) is 0.143. The summed E-state index contributed by atoms with van der Waals surface area (Å²) in [5.74, 6) is 0.512. The molecule has 0 fully saturated rings. The van der Waals surface area contributed by atoms with E-state index in [9.17, 15) is 4.39 Å². The van der Waals surface area contributed by atoms with Crippen molar-refractivity contribution in [1.82, 2.24) is 0 Å². The molecule has 19 heavy (non-hydrogen) atoms. The minimum Gasteiger partial charge on any atom is -0.494 e. The number of ether oxygens (including phenoxy) is 1. The van der Waals surface area contributed by atoms with E-state index in [4.69, 9.17) is 10.5 Å². The monoisotopic (exact) mass is 372 g/mol. The number of benzene rings is 2. The molecule has 0 aliphatic heterocycles. The molecule has 5 heteroatoms. The third-order valence-electron chi connectivity index (χ3n) is 2.54. The topological polar surface area (TPSA) is 47.3 Å². The van der Waals surface area contributed by atoms with Crippen molar-refractivity contribution in [3.63, 3.8) is 0 Å². The quantitative estimate of drug-likeness (QED) is 0.626. The van der Waals surface area contributed by atoms with Gasteiger partial charge in [-0.3, -0.25) is 0 Å². The summed E-state index contributed by atoms with van der Waals surface area (Å²) in [6.07, 6.45) is 0. The van der Waals surface area contributed by atoms with Crippen LogP contribution in [-0.2, 0) is 0 Å². The first kappa shape index (κ1) is 13.9. The molecular formula is C14H14FIN2O. The minimum atomic E-state index is -0.289. The van der Waals surface area contributed by atoms with Gasteiger partial charge in [-0.2, -0.15) is 0 Å². The average Bonchev–Trinajstić information content (AvgIpc) is 2.38. The van der Waals surface area contributed by atoms with Crippen LogP contribution in [0.3, 0.4) is 0 Å². The van der Waals surface area contributed by atoms with Crippen molar-refractivity contribution in [2.45, 2.75) is 6.92 Å². The van der Waals surface area contributed by atoms with Gasteiger partial charge in [0, 0.05) is 11.8 Å². The van der Waals surface area contributed by atoms with Gasteiger partial charge in [-0.15, -0.1) is 0 Å². The number of nitrogen functional groups attached to an aromatic ring is 1. The Balaban J connectivity index is 2.19. The molecule has 100 valence electrons. The van der Waals surface area contributed by atoms with Gasteiger partial charge < -0.3 is 15.8 Å². The maximum absolute atomic E-state index is 13.5. The Hall–Kier alpha value is -1.50. The Kier molecular flexibility index (Phi) is 4.47. The number of nitrogens with one attached hydrogen (secondary N) is 1. The van der Waals surface area contributed by atoms with E-state index in [-0.39, 0.29) is 5.82 Å². The summed E-state index contributed by atoms with van der Waals surface area (Å²) >= 11 is 1.91. The molecule has 0 heterocycles. The summed E-state index contributed by atoms with van der Waals surface area (Å²) in [5, 5.41) is 3.09. The maximum atomic E-state index is 13.5. The zero-order chi connectivity index (χ0) is 13.8. The fourth-order valence-electron chi connectivity index (χ4n) is 1.63. The molecule has 0 radical (unpaired) electrons. The van der Waals surface area contributed by atoms with Crippen molar-refractivity contribution in [3.8, 4) is 5.75 Å². The molecule has 0 bridgehead atoms. The maximum Gasteiger partial charge on any atom is 0.138 e. The average molecular weight is 372 g/mol. The van der Waals surface area contributed by atoms with E-state index in [0.29, 0.717) is 21.6 Å². The lowest BCUT2D eigenvalue weighted by atomic mass is 10.2. The third-order valence-corrected chi connectivity index (χ3v) is 3.36. The van der Waals surface area contributed by atoms with Crippen LogP contribution in [0.15, 0.2) is 36.4 Å². The van der Waals surface area contributed by atoms with Crippen LogP contribution < -0.4 is 15.8 Å². The molecule has 0 saturated heterocycles. The lowest BCUT2D eigenvalue weighted by Gasteiger charge is -2.11. The van der Waals surface area contributed by atoms with Crippen LogP contribution in [0.2, 0.25) is 0 Å². The zero-order valence-corrected chi connectivity index (χ0v) is 12.6. The van der Waals surface area contributed by atoms with Gasteiger partial charge in [-0.1, -0.05) is 0 Å². The van der Waals surface area contributed by atoms with Crippen molar-refractivity contribution in [2.24, 2.45) is 0 Å². The van der Waals surface area contributed by atoms with E-state index in [1.807, 2.05) is 53.8 Å². The van der Waals surface area contributed by atoms with E-state index < -0.39 is 0 Å². The zero-order valence-electron chi connectivity index (χ0n) is 10.4. The second-order valence-corrected chi connectivity index (χ2v) is 5.10. The van der Waals surface area contributed by atoms with E-state index in [1.165, 1.54) is 6.07 Å². The van der Waals surface area contributed by atoms with Crippen LogP contribution in [0.4, 0.5) is 21.5 Å². The van der Waals surface area contributed by atoms with Crippen molar-refractivity contribution < 1.29 is 9.13 Å². The smallest absolute Gasteiger partial charge is 0.138 e. The van der Waals surface area contributed by atoms with Crippen molar-refractivity contribution in [1.29, 1.82) is 0 Å². The first-order valence-corrected chi connectivity index (χ1v) is 6.92. The van der Waals surface area contributed by atoms with Gasteiger partial charge in [0.1, 0.15) is 11.6 Å². The molecule has 0 atom stereocenters. The number of rotatable bonds is 4. The Labute approximate surface area is 125 Å². The first-order valence-electron chi connectivity index (χ1n) is 5.84. The second kappa shape index (κ2) is 6.10. The van der Waals surface area contributed by atoms with Gasteiger partial charge >= 0.3 is 0 Å². The van der Waals surface area contributed by atoms with Crippen LogP contribution >= 0.6 is 22.6 Å². The van der Waals surface area contributed by atoms with E-state index in [0.717, 1.165) is 11.4 Å². The number of nitrogens with two attached hydrogens (primary N) is 1. The lowest BCUT2D eigenvalue weighted by molar-refractivity contribution is 0.340. The third kappa shape index (κ3) is 3.50. The molecular weight excluding hydrogens is 358 g/mol. The van der Waals surface area contributed by atoms with Crippen LogP contribution in [0.1, 0.15) is 6.92 Å². The molecule has 3 nitrogen and oxygen atoms in total. The molecule has 0 aliphatic carbocycles. The van der Waals surface area contributed by atoms with E-state index >= 15 is 0 Å². The molecule has 2 aromatic rings. The van der Waals surface area contributed by atoms with Crippen molar-refractivity contribution >= 4 is 39.7 Å². The Bertz CT molecular complexity index is 572. The van der Waals surface area contributed by atoms with Gasteiger partial charge in [0.25, 0.3) is 0 Å². The highest BCUT2D eigenvalue weighted by Gasteiger charge is 2.06. The normalized spacial score (nSPS) is 10.3. The van der Waals surface area contributed by atoms with Gasteiger partial charge in [0.2, 0.25) is 0 Å². The standard InChI is InChI=1S/C14H14FIN2O/c1-2-19-10-5-3-9(4-6-10)18-14-7-11(15)12(16)8-13(14)17/h3-8,18H,2,17H2,1H3. The molecule has 0 amide bonds. The highest BCUT2D eigenvalue weighted by atomic mass is 127. The highest BCUT2D eigenvalue weighted by molar-refractivity contribution is 14.1. The Morgan fingerprint density at radius 3 is 2.58 bits per heavy atom. The van der Waals surface area contributed by atoms with Crippen LogP contribution in [0.5, 0.6) is 5.75 Å². The predicted octanol–water partition coefficient (Wildman–Crippen LogP) is 4.15. The SMILES string of the molecule is CCOc1ccc(Nc2cc(F)c(I)cc2N)cc1. The molecule has 2 rings (SSSR count). The van der Waals surface area contributed by atoms with Crippen molar-refractivity contribution in [2.75, 3.05) is 17.7 Å². The van der Waals surface area contributed by atoms with Crippen LogP contribution in [0, 0.1) is 9.39 Å². The molecule has 2 aromatic carbocycles. The molecule has 0 aromatic heterocycles. The minimum absolute atomic E-state index is 0.289. The van der Waals surface area contributed by atoms with E-state index in [1.54, 1.807) is 6.07 Å². The Morgan fingerprint density at radius 2 is 1.95 bits per heavy atom. The molecule has 0 unspecified atom stereocenters. The van der Waals surface area contributed by atoms with Gasteiger partial charge in [-0.25, -0.2) is 4.39 Å². The summed E-state index contributed by atoms with van der Waals surface area (Å²) in [6, 6.07) is 10.4. The van der Waals surface area contributed by atoms with Crippen molar-refractivity contribution in [3.05, 3.63) is 45.8 Å². The second-order valence-electron chi connectivity index (χ2n) is 3.94. The summed E-state index contributed by atoms with van der Waals surface area (Å²) in [7, 11) is 0. The molecule has 0 saturated carbocycles. The lowest BCUT2D eigenvalue weighted by Crippen LogP contribution is -1.99. The summed E-state index contributed by atoms with van der Waals surface area (Å²) in [6.45, 7) is 2.56. The first-order chi connectivity index (χ1) is 9.10.